The molecule has 0 bridgehead atoms. The highest BCUT2D eigenvalue weighted by molar-refractivity contribution is 6.31. The molecule has 22 heavy (non-hydrogen) atoms. The van der Waals surface area contributed by atoms with Crippen LogP contribution in [0.15, 0.2) is 24.3 Å². The second-order valence-electron chi connectivity index (χ2n) is 6.17. The van der Waals surface area contributed by atoms with Gasteiger partial charge in [0.2, 0.25) is 0 Å². The Kier molecular flexibility index (Phi) is 4.34. The summed E-state index contributed by atoms with van der Waals surface area (Å²) in [5.74, 6) is 0.0683. The Labute approximate surface area is 136 Å². The van der Waals surface area contributed by atoms with Crippen molar-refractivity contribution in [1.29, 1.82) is 0 Å². The Morgan fingerprint density at radius 2 is 1.95 bits per heavy atom. The maximum absolute atomic E-state index is 12.8. The van der Waals surface area contributed by atoms with Gasteiger partial charge in [-0.15, -0.1) is 0 Å². The minimum absolute atomic E-state index is 0.0683. The zero-order valence-corrected chi connectivity index (χ0v) is 13.9. The van der Waals surface area contributed by atoms with Crippen molar-refractivity contribution in [2.75, 3.05) is 7.05 Å². The molecule has 2 aromatic rings. The smallest absolute Gasteiger partial charge is 0.255 e. The summed E-state index contributed by atoms with van der Waals surface area (Å²) in [6, 6.07) is 7.86. The summed E-state index contributed by atoms with van der Waals surface area (Å²) < 4.78 is 0. The molecule has 1 aromatic carbocycles. The van der Waals surface area contributed by atoms with Crippen LogP contribution in [0.3, 0.4) is 0 Å². The topological polar surface area (TPSA) is 33.2 Å². The van der Waals surface area contributed by atoms with Crippen molar-refractivity contribution in [2.24, 2.45) is 0 Å². The second kappa shape index (κ2) is 6.25. The Balaban J connectivity index is 1.93. The minimum atomic E-state index is 0.0683. The molecule has 0 atom stereocenters. The molecule has 1 aliphatic carbocycles. The summed E-state index contributed by atoms with van der Waals surface area (Å²) in [4.78, 5) is 19.3. The zero-order valence-electron chi connectivity index (χ0n) is 13.1. The van der Waals surface area contributed by atoms with Gasteiger partial charge in [-0.3, -0.25) is 9.78 Å². The normalized spacial score (nSPS) is 16.0. The van der Waals surface area contributed by atoms with Gasteiger partial charge in [0.25, 0.3) is 5.91 Å². The number of carbonyl (C=O) groups is 1. The molecule has 0 saturated heterocycles. The highest BCUT2D eigenvalue weighted by Crippen LogP contribution is 2.25. The molecule has 4 heteroatoms. The van der Waals surface area contributed by atoms with Gasteiger partial charge < -0.3 is 4.90 Å². The number of nitrogens with zero attached hydrogens (tertiary/aromatic N) is 2. The van der Waals surface area contributed by atoms with Gasteiger partial charge in [-0.05, 0) is 44.0 Å². The van der Waals surface area contributed by atoms with Crippen LogP contribution in [-0.2, 0) is 0 Å². The summed E-state index contributed by atoms with van der Waals surface area (Å²) in [7, 11) is 1.92. The van der Waals surface area contributed by atoms with Gasteiger partial charge in [0.05, 0.1) is 16.8 Å². The van der Waals surface area contributed by atoms with Crippen molar-refractivity contribution >= 4 is 28.4 Å². The number of pyridine rings is 1. The fraction of sp³-hybridized carbons (Fsp3) is 0.444. The van der Waals surface area contributed by atoms with E-state index in [1.165, 1.54) is 19.3 Å². The number of halogens is 1. The SMILES string of the molecule is Cc1nc2ccc(Cl)cc2cc1C(=O)N(C)C1CCCCC1. The monoisotopic (exact) mass is 316 g/mol. The van der Waals surface area contributed by atoms with E-state index in [2.05, 4.69) is 4.98 Å². The summed E-state index contributed by atoms with van der Waals surface area (Å²) in [5.41, 5.74) is 2.34. The van der Waals surface area contributed by atoms with Crippen molar-refractivity contribution in [2.45, 2.75) is 45.1 Å². The van der Waals surface area contributed by atoms with E-state index in [9.17, 15) is 4.79 Å². The van der Waals surface area contributed by atoms with Crippen molar-refractivity contribution < 1.29 is 4.79 Å². The third-order valence-electron chi connectivity index (χ3n) is 4.64. The van der Waals surface area contributed by atoms with Crippen LogP contribution in [0.5, 0.6) is 0 Å². The van der Waals surface area contributed by atoms with Gasteiger partial charge >= 0.3 is 0 Å². The van der Waals surface area contributed by atoms with Crippen LogP contribution in [0.1, 0.15) is 48.2 Å². The van der Waals surface area contributed by atoms with E-state index >= 15 is 0 Å². The Morgan fingerprint density at radius 3 is 2.68 bits per heavy atom. The molecule has 1 fully saturated rings. The quantitative estimate of drug-likeness (QED) is 0.811. The molecule has 1 aromatic heterocycles. The molecule has 1 saturated carbocycles. The lowest BCUT2D eigenvalue weighted by molar-refractivity contribution is 0.0695. The average Bonchev–Trinajstić information content (AvgIpc) is 2.54. The third-order valence-corrected chi connectivity index (χ3v) is 4.88. The molecule has 116 valence electrons. The lowest BCUT2D eigenvalue weighted by atomic mass is 9.94. The van der Waals surface area contributed by atoms with Gasteiger partial charge in [0, 0.05) is 23.5 Å². The van der Waals surface area contributed by atoms with Gasteiger partial charge in [0.1, 0.15) is 0 Å². The van der Waals surface area contributed by atoms with Crippen molar-refractivity contribution in [3.8, 4) is 0 Å². The van der Waals surface area contributed by atoms with Crippen molar-refractivity contribution in [3.63, 3.8) is 0 Å². The standard InChI is InChI=1S/C18H21ClN2O/c1-12-16(11-13-10-14(19)8-9-17(13)20-12)18(22)21(2)15-6-4-3-5-7-15/h8-11,15H,3-7H2,1-2H3. The van der Waals surface area contributed by atoms with Crippen LogP contribution < -0.4 is 0 Å². The van der Waals surface area contributed by atoms with Crippen LogP contribution in [0.4, 0.5) is 0 Å². The van der Waals surface area contributed by atoms with Crippen molar-refractivity contribution in [3.05, 3.63) is 40.5 Å². The third kappa shape index (κ3) is 2.95. The van der Waals surface area contributed by atoms with Crippen LogP contribution in [0.25, 0.3) is 10.9 Å². The van der Waals surface area contributed by atoms with E-state index in [-0.39, 0.29) is 5.91 Å². The van der Waals surface area contributed by atoms with Crippen LogP contribution in [-0.4, -0.2) is 28.9 Å². The molecule has 0 N–H and O–H groups in total. The molecular weight excluding hydrogens is 296 g/mol. The predicted octanol–water partition coefficient (Wildman–Crippen LogP) is 4.60. The van der Waals surface area contributed by atoms with Gasteiger partial charge in [-0.2, -0.15) is 0 Å². The maximum Gasteiger partial charge on any atom is 0.255 e. The van der Waals surface area contributed by atoms with Gasteiger partial charge in [-0.1, -0.05) is 30.9 Å². The molecule has 1 aliphatic rings. The first-order valence-corrected chi connectivity index (χ1v) is 8.28. The first kappa shape index (κ1) is 15.3. The zero-order chi connectivity index (χ0) is 15.7. The Hall–Kier alpha value is -1.61. The van der Waals surface area contributed by atoms with E-state index < -0.39 is 0 Å². The number of amides is 1. The first-order chi connectivity index (χ1) is 10.6. The summed E-state index contributed by atoms with van der Waals surface area (Å²) >= 11 is 6.05. The summed E-state index contributed by atoms with van der Waals surface area (Å²) in [6.07, 6.45) is 5.93. The number of aryl methyl sites for hydroxylation is 1. The Bertz CT molecular complexity index is 708. The first-order valence-electron chi connectivity index (χ1n) is 7.90. The molecule has 1 heterocycles. The molecule has 0 spiro atoms. The predicted molar refractivity (Wildman–Crippen MR) is 90.5 cm³/mol. The van der Waals surface area contributed by atoms with E-state index in [1.807, 2.05) is 43.1 Å². The van der Waals surface area contributed by atoms with E-state index in [0.717, 1.165) is 29.4 Å². The molecule has 3 rings (SSSR count). The largest absolute Gasteiger partial charge is 0.339 e. The number of rotatable bonds is 2. The number of carbonyl (C=O) groups excluding carboxylic acids is 1. The highest BCUT2D eigenvalue weighted by Gasteiger charge is 2.24. The second-order valence-corrected chi connectivity index (χ2v) is 6.60. The fourth-order valence-electron chi connectivity index (χ4n) is 3.28. The van der Waals surface area contributed by atoms with Gasteiger partial charge in [0.15, 0.2) is 0 Å². The Morgan fingerprint density at radius 1 is 1.23 bits per heavy atom. The molecular formula is C18H21ClN2O. The summed E-state index contributed by atoms with van der Waals surface area (Å²) in [5, 5.41) is 1.58. The molecule has 3 nitrogen and oxygen atoms in total. The fourth-order valence-corrected chi connectivity index (χ4v) is 3.46. The van der Waals surface area contributed by atoms with Gasteiger partial charge in [-0.25, -0.2) is 0 Å². The average molecular weight is 317 g/mol. The number of hydrogen-bond donors (Lipinski definition) is 0. The molecule has 0 aliphatic heterocycles. The minimum Gasteiger partial charge on any atom is -0.339 e. The number of hydrogen-bond acceptors (Lipinski definition) is 2. The number of aromatic nitrogens is 1. The number of fused-ring (bicyclic) bond motifs is 1. The number of benzene rings is 1. The molecule has 1 amide bonds. The van der Waals surface area contributed by atoms with E-state index in [4.69, 9.17) is 11.6 Å². The summed E-state index contributed by atoms with van der Waals surface area (Å²) in [6.45, 7) is 1.90. The highest BCUT2D eigenvalue weighted by atomic mass is 35.5. The lowest BCUT2D eigenvalue weighted by Crippen LogP contribution is -2.38. The lowest BCUT2D eigenvalue weighted by Gasteiger charge is -2.31. The maximum atomic E-state index is 12.8. The van der Waals surface area contributed by atoms with E-state index in [0.29, 0.717) is 16.6 Å². The van der Waals surface area contributed by atoms with E-state index in [1.54, 1.807) is 0 Å². The van der Waals surface area contributed by atoms with Crippen LogP contribution in [0, 0.1) is 6.92 Å². The molecule has 0 radical (unpaired) electrons. The molecule has 0 unspecified atom stereocenters. The van der Waals surface area contributed by atoms with Crippen molar-refractivity contribution in [1.82, 2.24) is 9.88 Å². The van der Waals surface area contributed by atoms with Crippen LogP contribution in [0.2, 0.25) is 5.02 Å². The van der Waals surface area contributed by atoms with Crippen LogP contribution >= 0.6 is 11.6 Å².